The van der Waals surface area contributed by atoms with Crippen molar-refractivity contribution in [2.75, 3.05) is 0 Å². The first-order valence-corrected chi connectivity index (χ1v) is 3.06. The van der Waals surface area contributed by atoms with Crippen molar-refractivity contribution in [3.63, 3.8) is 0 Å². The second-order valence-corrected chi connectivity index (χ2v) is 2.22. The van der Waals surface area contributed by atoms with Crippen molar-refractivity contribution in [2.45, 2.75) is 0 Å². The van der Waals surface area contributed by atoms with Crippen molar-refractivity contribution in [3.8, 4) is 0 Å². The van der Waals surface area contributed by atoms with Crippen molar-refractivity contribution >= 4 is 19.6 Å². The van der Waals surface area contributed by atoms with Gasteiger partial charge in [0.05, 0.1) is 0 Å². The normalized spacial score (nSPS) is 9.64. The summed E-state index contributed by atoms with van der Waals surface area (Å²) in [4.78, 5) is 10.2. The largest absolute Gasteiger partial charge is 0.298 e. The Morgan fingerprint density at radius 3 is 2.55 bits per heavy atom. The standard InChI is InChI=1S/C7H5BF2O/c8-7-4(3-11)1-5(9)2-6(7)10/h1-3H,8H2. The Morgan fingerprint density at radius 2 is 2.00 bits per heavy atom. The Labute approximate surface area is 63.4 Å². The molecule has 1 rings (SSSR count). The van der Waals surface area contributed by atoms with Gasteiger partial charge in [0.1, 0.15) is 25.8 Å². The first kappa shape index (κ1) is 7.92. The topological polar surface area (TPSA) is 17.1 Å². The maximum atomic E-state index is 12.6. The summed E-state index contributed by atoms with van der Waals surface area (Å²) in [7, 11) is 1.43. The fourth-order valence-electron chi connectivity index (χ4n) is 0.788. The quantitative estimate of drug-likeness (QED) is 0.412. The summed E-state index contributed by atoms with van der Waals surface area (Å²) < 4.78 is 25.0. The minimum atomic E-state index is -0.727. The van der Waals surface area contributed by atoms with Crippen LogP contribution in [-0.2, 0) is 0 Å². The van der Waals surface area contributed by atoms with Crippen molar-refractivity contribution in [2.24, 2.45) is 0 Å². The molecule has 0 atom stereocenters. The van der Waals surface area contributed by atoms with Crippen LogP contribution in [0.15, 0.2) is 12.1 Å². The number of hydrogen-bond acceptors (Lipinski definition) is 1. The monoisotopic (exact) mass is 154 g/mol. The fraction of sp³-hybridized carbons (Fsp3) is 0. The molecule has 0 saturated heterocycles. The van der Waals surface area contributed by atoms with E-state index in [2.05, 4.69) is 0 Å². The van der Waals surface area contributed by atoms with E-state index >= 15 is 0 Å². The molecule has 0 spiro atoms. The predicted molar refractivity (Wildman–Crippen MR) is 39.9 cm³/mol. The number of carbonyl (C=O) groups excluding carboxylic acids is 1. The zero-order valence-electron chi connectivity index (χ0n) is 5.90. The van der Waals surface area contributed by atoms with Gasteiger partial charge in [0.2, 0.25) is 0 Å². The number of carbonyl (C=O) groups is 1. The molecule has 0 heterocycles. The molecule has 4 heteroatoms. The number of aldehydes is 1. The van der Waals surface area contributed by atoms with Gasteiger partial charge in [-0.15, -0.1) is 0 Å². The van der Waals surface area contributed by atoms with Crippen LogP contribution in [0.4, 0.5) is 8.78 Å². The molecule has 0 fully saturated rings. The van der Waals surface area contributed by atoms with Gasteiger partial charge < -0.3 is 0 Å². The SMILES string of the molecule is Bc1c(F)cc(F)cc1C=O. The minimum Gasteiger partial charge on any atom is -0.298 e. The van der Waals surface area contributed by atoms with Gasteiger partial charge in [-0.3, -0.25) is 4.79 Å². The summed E-state index contributed by atoms with van der Waals surface area (Å²) in [5.41, 5.74) is 0.240. The van der Waals surface area contributed by atoms with Crippen LogP contribution < -0.4 is 5.46 Å². The van der Waals surface area contributed by atoms with Gasteiger partial charge in [-0.2, -0.15) is 0 Å². The van der Waals surface area contributed by atoms with E-state index in [9.17, 15) is 13.6 Å². The van der Waals surface area contributed by atoms with E-state index in [-0.39, 0.29) is 11.0 Å². The van der Waals surface area contributed by atoms with Crippen molar-refractivity contribution < 1.29 is 13.6 Å². The van der Waals surface area contributed by atoms with Crippen LogP contribution in [-0.4, -0.2) is 14.1 Å². The van der Waals surface area contributed by atoms with Crippen molar-refractivity contribution in [1.29, 1.82) is 0 Å². The van der Waals surface area contributed by atoms with E-state index in [0.29, 0.717) is 6.29 Å². The van der Waals surface area contributed by atoms with Crippen LogP contribution >= 0.6 is 0 Å². The molecule has 56 valence electrons. The summed E-state index contributed by atoms with van der Waals surface area (Å²) in [5, 5.41) is 0. The molecule has 0 unspecified atom stereocenters. The smallest absolute Gasteiger partial charge is 0.149 e. The summed E-state index contributed by atoms with van der Waals surface area (Å²) in [6.45, 7) is 0. The molecule has 0 amide bonds. The highest BCUT2D eigenvalue weighted by Gasteiger charge is 2.04. The van der Waals surface area contributed by atoms with Gasteiger partial charge in [0.15, 0.2) is 0 Å². The molecule has 0 aromatic heterocycles. The van der Waals surface area contributed by atoms with E-state index in [0.717, 1.165) is 12.1 Å². The molecule has 0 saturated carbocycles. The molecule has 0 aliphatic heterocycles. The van der Waals surface area contributed by atoms with Crippen LogP contribution in [0, 0.1) is 11.6 Å². The second kappa shape index (κ2) is 2.82. The number of halogens is 2. The van der Waals surface area contributed by atoms with Gasteiger partial charge >= 0.3 is 0 Å². The van der Waals surface area contributed by atoms with E-state index < -0.39 is 11.6 Å². The van der Waals surface area contributed by atoms with Crippen molar-refractivity contribution in [1.82, 2.24) is 0 Å². The maximum absolute atomic E-state index is 12.6. The third-order valence-electron chi connectivity index (χ3n) is 1.48. The Balaban J connectivity index is 3.35. The minimum absolute atomic E-state index is 0.0579. The highest BCUT2D eigenvalue weighted by Crippen LogP contribution is 2.02. The van der Waals surface area contributed by atoms with Gasteiger partial charge in [0.25, 0.3) is 0 Å². The van der Waals surface area contributed by atoms with Crippen molar-refractivity contribution in [3.05, 3.63) is 29.3 Å². The molecule has 1 nitrogen and oxygen atoms in total. The second-order valence-electron chi connectivity index (χ2n) is 2.22. The third-order valence-corrected chi connectivity index (χ3v) is 1.48. The van der Waals surface area contributed by atoms with Gasteiger partial charge in [-0.05, 0) is 11.5 Å². The fourth-order valence-corrected chi connectivity index (χ4v) is 0.788. The Kier molecular flexibility index (Phi) is 2.03. The lowest BCUT2D eigenvalue weighted by molar-refractivity contribution is 0.112. The lowest BCUT2D eigenvalue weighted by Gasteiger charge is -1.99. The maximum Gasteiger partial charge on any atom is 0.149 e. The van der Waals surface area contributed by atoms with Crippen LogP contribution in [0.1, 0.15) is 10.4 Å². The highest BCUT2D eigenvalue weighted by molar-refractivity contribution is 6.35. The molecule has 0 N–H and O–H groups in total. The molecule has 1 aromatic rings. The zero-order valence-corrected chi connectivity index (χ0v) is 5.90. The predicted octanol–water partition coefficient (Wildman–Crippen LogP) is 0.0357. The highest BCUT2D eigenvalue weighted by atomic mass is 19.1. The molecule has 0 aliphatic carbocycles. The molecule has 11 heavy (non-hydrogen) atoms. The molecular weight excluding hydrogens is 149 g/mol. The Hall–Kier alpha value is -1.19. The van der Waals surface area contributed by atoms with Gasteiger partial charge in [-0.25, -0.2) is 8.78 Å². The van der Waals surface area contributed by atoms with E-state index in [1.807, 2.05) is 0 Å². The Morgan fingerprint density at radius 1 is 1.36 bits per heavy atom. The lowest BCUT2D eigenvalue weighted by Crippen LogP contribution is -2.15. The molecule has 0 aliphatic rings. The van der Waals surface area contributed by atoms with E-state index in [1.54, 1.807) is 0 Å². The summed E-state index contributed by atoms with van der Waals surface area (Å²) in [6.07, 6.45) is 0.432. The molecule has 0 radical (unpaired) electrons. The van der Waals surface area contributed by atoms with E-state index in [1.165, 1.54) is 7.85 Å². The zero-order chi connectivity index (χ0) is 8.43. The Bertz CT molecular complexity index is 299. The van der Waals surface area contributed by atoms with Gasteiger partial charge in [0, 0.05) is 11.6 Å². The lowest BCUT2D eigenvalue weighted by atomic mass is 9.90. The van der Waals surface area contributed by atoms with Crippen LogP contribution in [0.5, 0.6) is 0 Å². The average Bonchev–Trinajstić information content (AvgIpc) is 1.96. The number of rotatable bonds is 1. The van der Waals surface area contributed by atoms with Gasteiger partial charge in [-0.1, -0.05) is 0 Å². The summed E-state index contributed by atoms with van der Waals surface area (Å²) in [6, 6.07) is 1.76. The molecule has 0 bridgehead atoms. The number of benzene rings is 1. The van der Waals surface area contributed by atoms with Crippen LogP contribution in [0.25, 0.3) is 0 Å². The average molecular weight is 154 g/mol. The first-order chi connectivity index (χ1) is 5.15. The van der Waals surface area contributed by atoms with Crippen LogP contribution in [0.2, 0.25) is 0 Å². The first-order valence-electron chi connectivity index (χ1n) is 3.06. The third kappa shape index (κ3) is 1.45. The van der Waals surface area contributed by atoms with E-state index in [4.69, 9.17) is 0 Å². The summed E-state index contributed by atoms with van der Waals surface area (Å²) in [5.74, 6) is -1.41. The molecular formula is C7H5BF2O. The summed E-state index contributed by atoms with van der Waals surface area (Å²) >= 11 is 0. The van der Waals surface area contributed by atoms with Crippen LogP contribution in [0.3, 0.4) is 0 Å². The molecule has 1 aromatic carbocycles. The number of hydrogen-bond donors (Lipinski definition) is 0.